The molecule has 0 radical (unpaired) electrons. The lowest BCUT2D eigenvalue weighted by Crippen LogP contribution is -2.42. The number of nitrogens with zero attached hydrogens (tertiary/aromatic N) is 5. The number of amides is 1. The summed E-state index contributed by atoms with van der Waals surface area (Å²) < 4.78 is 7.83. The van der Waals surface area contributed by atoms with Crippen LogP contribution in [0.1, 0.15) is 24.0 Å². The Morgan fingerprint density at radius 1 is 1.27 bits per heavy atom. The van der Waals surface area contributed by atoms with Crippen molar-refractivity contribution in [2.45, 2.75) is 26.0 Å². The number of benzene rings is 1. The maximum Gasteiger partial charge on any atom is 0.224 e. The second kappa shape index (κ2) is 7.21. The van der Waals surface area contributed by atoms with E-state index in [2.05, 4.69) is 15.0 Å². The van der Waals surface area contributed by atoms with Gasteiger partial charge in [-0.25, -0.2) is 15.0 Å². The van der Waals surface area contributed by atoms with E-state index in [-0.39, 0.29) is 12.0 Å². The molecular weight excluding hydrogens is 330 g/mol. The molecule has 1 aromatic carbocycles. The van der Waals surface area contributed by atoms with E-state index >= 15 is 0 Å². The number of ether oxygens (including phenoxy) is 1. The van der Waals surface area contributed by atoms with Crippen LogP contribution in [0.3, 0.4) is 0 Å². The van der Waals surface area contributed by atoms with Crippen molar-refractivity contribution in [2.24, 2.45) is 0 Å². The fraction of sp³-hybridized carbons (Fsp3) is 0.368. The Morgan fingerprint density at radius 2 is 2.15 bits per heavy atom. The fourth-order valence-corrected chi connectivity index (χ4v) is 3.27. The average molecular weight is 351 g/mol. The van der Waals surface area contributed by atoms with Gasteiger partial charge in [0.15, 0.2) is 0 Å². The molecule has 0 saturated carbocycles. The van der Waals surface area contributed by atoms with Gasteiger partial charge in [0, 0.05) is 25.7 Å². The molecule has 2 aromatic heterocycles. The first-order chi connectivity index (χ1) is 12.7. The Morgan fingerprint density at radius 3 is 3.04 bits per heavy atom. The number of aromatic nitrogens is 4. The lowest BCUT2D eigenvalue weighted by atomic mass is 10.2. The van der Waals surface area contributed by atoms with Crippen LogP contribution >= 0.6 is 0 Å². The molecule has 0 aliphatic carbocycles. The number of rotatable bonds is 4. The van der Waals surface area contributed by atoms with Crippen molar-refractivity contribution in [3.8, 4) is 0 Å². The Labute approximate surface area is 151 Å². The molecule has 1 aliphatic heterocycles. The first kappa shape index (κ1) is 16.7. The summed E-state index contributed by atoms with van der Waals surface area (Å²) in [5.41, 5.74) is 2.83. The Kier molecular flexibility index (Phi) is 4.62. The first-order valence-electron chi connectivity index (χ1n) is 8.79. The summed E-state index contributed by atoms with van der Waals surface area (Å²) in [4.78, 5) is 27.5. The van der Waals surface area contributed by atoms with Crippen LogP contribution in [-0.2, 0) is 16.1 Å². The lowest BCUT2D eigenvalue weighted by Gasteiger charge is -2.32. The number of aryl methyl sites for hydroxylation is 2. The van der Waals surface area contributed by atoms with Crippen molar-refractivity contribution in [3.63, 3.8) is 0 Å². The summed E-state index contributed by atoms with van der Waals surface area (Å²) in [7, 11) is 0. The molecule has 1 atom stereocenters. The quantitative estimate of drug-likeness (QED) is 0.720. The minimum Gasteiger partial charge on any atom is -0.368 e. The van der Waals surface area contributed by atoms with E-state index in [9.17, 15) is 4.79 Å². The van der Waals surface area contributed by atoms with Gasteiger partial charge in [-0.05, 0) is 25.1 Å². The second-order valence-electron chi connectivity index (χ2n) is 6.40. The molecule has 3 heterocycles. The first-order valence-corrected chi connectivity index (χ1v) is 8.79. The van der Waals surface area contributed by atoms with Gasteiger partial charge in [0.25, 0.3) is 0 Å². The highest BCUT2D eigenvalue weighted by Crippen LogP contribution is 2.21. The predicted octanol–water partition coefficient (Wildman–Crippen LogP) is 2.12. The van der Waals surface area contributed by atoms with Crippen LogP contribution in [0.4, 0.5) is 0 Å². The van der Waals surface area contributed by atoms with Crippen molar-refractivity contribution in [2.75, 3.05) is 19.7 Å². The van der Waals surface area contributed by atoms with Crippen molar-refractivity contribution in [3.05, 3.63) is 54.4 Å². The highest BCUT2D eigenvalue weighted by atomic mass is 16.5. The molecular formula is C19H21N5O2. The van der Waals surface area contributed by atoms with Crippen molar-refractivity contribution >= 4 is 16.9 Å². The molecule has 26 heavy (non-hydrogen) atoms. The van der Waals surface area contributed by atoms with Gasteiger partial charge in [-0.15, -0.1) is 0 Å². The van der Waals surface area contributed by atoms with E-state index in [0.717, 1.165) is 16.7 Å². The van der Waals surface area contributed by atoms with Crippen LogP contribution in [0.25, 0.3) is 11.0 Å². The minimum absolute atomic E-state index is 0.127. The van der Waals surface area contributed by atoms with Gasteiger partial charge in [0.05, 0.1) is 36.2 Å². The molecule has 134 valence electrons. The molecule has 3 aromatic rings. The lowest BCUT2D eigenvalue weighted by molar-refractivity contribution is -0.139. The van der Waals surface area contributed by atoms with Crippen LogP contribution in [0.2, 0.25) is 0 Å². The Hall–Kier alpha value is -2.80. The third-order valence-electron chi connectivity index (χ3n) is 4.64. The smallest absolute Gasteiger partial charge is 0.224 e. The maximum atomic E-state index is 12.7. The summed E-state index contributed by atoms with van der Waals surface area (Å²) >= 11 is 0. The number of fused-ring (bicyclic) bond motifs is 1. The summed E-state index contributed by atoms with van der Waals surface area (Å²) in [6.45, 7) is 4.14. The predicted molar refractivity (Wildman–Crippen MR) is 96.4 cm³/mol. The number of carbonyl (C=O) groups excluding carboxylic acids is 1. The Balaban J connectivity index is 1.40. The fourth-order valence-electron chi connectivity index (χ4n) is 3.27. The third-order valence-corrected chi connectivity index (χ3v) is 4.64. The third kappa shape index (κ3) is 3.43. The van der Waals surface area contributed by atoms with Gasteiger partial charge in [-0.2, -0.15) is 0 Å². The molecule has 1 amide bonds. The summed E-state index contributed by atoms with van der Waals surface area (Å²) in [5, 5.41) is 0. The zero-order valence-corrected chi connectivity index (χ0v) is 14.7. The maximum absolute atomic E-state index is 12.7. The van der Waals surface area contributed by atoms with Crippen molar-refractivity contribution in [1.29, 1.82) is 0 Å². The highest BCUT2D eigenvalue weighted by molar-refractivity contribution is 5.77. The molecule has 4 rings (SSSR count). The van der Waals surface area contributed by atoms with Crippen molar-refractivity contribution < 1.29 is 9.53 Å². The normalized spacial score (nSPS) is 17.6. The second-order valence-corrected chi connectivity index (χ2v) is 6.40. The Bertz CT molecular complexity index is 923. The minimum atomic E-state index is -0.191. The molecule has 1 saturated heterocycles. The van der Waals surface area contributed by atoms with Crippen LogP contribution in [-0.4, -0.2) is 50.0 Å². The van der Waals surface area contributed by atoms with Gasteiger partial charge in [-0.3, -0.25) is 4.79 Å². The molecule has 1 unspecified atom stereocenters. The summed E-state index contributed by atoms with van der Waals surface area (Å²) in [5.74, 6) is 0.836. The van der Waals surface area contributed by atoms with Gasteiger partial charge in [0.1, 0.15) is 11.9 Å². The number of hydrogen-bond acceptors (Lipinski definition) is 5. The molecule has 0 bridgehead atoms. The largest absolute Gasteiger partial charge is 0.368 e. The van der Waals surface area contributed by atoms with Crippen LogP contribution < -0.4 is 0 Å². The number of hydrogen-bond donors (Lipinski definition) is 0. The van der Waals surface area contributed by atoms with Crippen LogP contribution in [0.5, 0.6) is 0 Å². The van der Waals surface area contributed by atoms with E-state index in [4.69, 9.17) is 4.74 Å². The topological polar surface area (TPSA) is 73.1 Å². The highest BCUT2D eigenvalue weighted by Gasteiger charge is 2.26. The van der Waals surface area contributed by atoms with Gasteiger partial charge >= 0.3 is 0 Å². The number of para-hydroxylation sites is 2. The van der Waals surface area contributed by atoms with Crippen LogP contribution in [0.15, 0.2) is 42.9 Å². The van der Waals surface area contributed by atoms with E-state index in [0.29, 0.717) is 38.5 Å². The van der Waals surface area contributed by atoms with Crippen molar-refractivity contribution in [1.82, 2.24) is 24.4 Å². The molecule has 1 aliphatic rings. The molecule has 7 nitrogen and oxygen atoms in total. The SMILES string of the molecule is Cc1nccc(C2CN(C(=O)CCn3cnc4ccccc43)CCO2)n1. The molecule has 0 N–H and O–H groups in total. The van der Waals surface area contributed by atoms with Gasteiger partial charge < -0.3 is 14.2 Å². The van der Waals surface area contributed by atoms with E-state index < -0.39 is 0 Å². The number of carbonyl (C=O) groups is 1. The molecule has 1 fully saturated rings. The van der Waals surface area contributed by atoms with Crippen LogP contribution in [0, 0.1) is 6.92 Å². The molecule has 7 heteroatoms. The van der Waals surface area contributed by atoms with E-state index in [1.54, 1.807) is 12.5 Å². The summed E-state index contributed by atoms with van der Waals surface area (Å²) in [6, 6.07) is 9.80. The monoisotopic (exact) mass is 351 g/mol. The average Bonchev–Trinajstić information content (AvgIpc) is 3.09. The zero-order valence-electron chi connectivity index (χ0n) is 14.7. The van der Waals surface area contributed by atoms with Gasteiger partial charge in [-0.1, -0.05) is 12.1 Å². The van der Waals surface area contributed by atoms with E-state index in [1.807, 2.05) is 46.7 Å². The van der Waals surface area contributed by atoms with Gasteiger partial charge in [0.2, 0.25) is 5.91 Å². The zero-order chi connectivity index (χ0) is 17.9. The van der Waals surface area contributed by atoms with E-state index in [1.165, 1.54) is 0 Å². The standard InChI is InChI=1S/C19H21N5O2/c1-14-20-8-6-16(22-14)18-12-23(10-11-26-18)19(25)7-9-24-13-21-15-4-2-3-5-17(15)24/h2-6,8,13,18H,7,9-12H2,1H3. The number of imidazole rings is 1. The molecule has 0 spiro atoms. The summed E-state index contributed by atoms with van der Waals surface area (Å²) in [6.07, 6.45) is 3.77. The number of morpholine rings is 1.